The van der Waals surface area contributed by atoms with Crippen molar-refractivity contribution in [3.05, 3.63) is 97.7 Å². The first-order chi connectivity index (χ1) is 18.7. The molecule has 0 bridgehead atoms. The number of fused-ring (bicyclic) bond motifs is 5. The number of aromatic nitrogens is 11. The van der Waals surface area contributed by atoms with Gasteiger partial charge in [0.15, 0.2) is 0 Å². The van der Waals surface area contributed by atoms with Gasteiger partial charge >= 0.3 is 0 Å². The lowest BCUT2D eigenvalue weighted by molar-refractivity contribution is 1.07. The van der Waals surface area contributed by atoms with Crippen molar-refractivity contribution >= 4 is 47.4 Å². The van der Waals surface area contributed by atoms with Crippen molar-refractivity contribution < 1.29 is 0 Å². The number of aromatic amines is 4. The largest absolute Gasteiger partial charge is 0.346 e. The standard InChI is InChI=1S/C27H17N11/c1-12-20-18(31-8-35-24(20)26-22(12)33-10-37-26)3-16-14-5-28-6-15(14)17(30-7-29-16)4-19-21-13(2)23-27(38-11-34-23)25(21)36-9-32-19/h3-11H,1-2H2,(H,31,35)(H,32,36)(H,33,37)(H,34,38)/b18-3+,19-4+. The van der Waals surface area contributed by atoms with Gasteiger partial charge in [0, 0.05) is 44.4 Å². The number of nitrogens with zero attached hydrogens (tertiary/aromatic N) is 7. The molecule has 4 N–H and O–H groups in total. The van der Waals surface area contributed by atoms with E-state index in [1.165, 1.54) is 0 Å². The van der Waals surface area contributed by atoms with Crippen molar-refractivity contribution in [2.75, 3.05) is 0 Å². The van der Waals surface area contributed by atoms with Gasteiger partial charge in [0.05, 0.1) is 69.5 Å². The molecule has 0 radical (unpaired) electrons. The lowest BCUT2D eigenvalue weighted by atomic mass is 10.1. The SMILES string of the molecule is C=c1c2/c(=C\c3ncnc(/C=c4/[nH]cnc5c6[nH]cnc6c(=C)c4=5)c4cncc3-4)[nH]cnc=2c2[nH]cnc12. The number of H-pyrrole nitrogens is 4. The van der Waals surface area contributed by atoms with Gasteiger partial charge in [-0.25, -0.2) is 29.9 Å². The molecule has 4 aliphatic heterocycles. The molecule has 180 valence electrons. The second kappa shape index (κ2) is 7.40. The quantitative estimate of drug-likeness (QED) is 0.265. The van der Waals surface area contributed by atoms with Crippen LogP contribution in [0.3, 0.4) is 0 Å². The fourth-order valence-electron chi connectivity index (χ4n) is 5.25. The average Bonchev–Trinajstić information content (AvgIpc) is 3.74. The predicted molar refractivity (Wildman–Crippen MR) is 140 cm³/mol. The molecule has 0 saturated heterocycles. The van der Waals surface area contributed by atoms with Gasteiger partial charge in [0.2, 0.25) is 0 Å². The van der Waals surface area contributed by atoms with E-state index in [4.69, 9.17) is 0 Å². The van der Waals surface area contributed by atoms with Gasteiger partial charge in [-0.3, -0.25) is 4.98 Å². The zero-order valence-electron chi connectivity index (χ0n) is 19.7. The Kier molecular flexibility index (Phi) is 3.99. The molecule has 2 aromatic heterocycles. The van der Waals surface area contributed by atoms with E-state index in [1.54, 1.807) is 44.0 Å². The summed E-state index contributed by atoms with van der Waals surface area (Å²) in [4.78, 5) is 44.4. The maximum Gasteiger partial charge on any atom is 0.116 e. The lowest BCUT2D eigenvalue weighted by Crippen LogP contribution is -2.17. The molecule has 0 fully saturated rings. The molecule has 0 spiro atoms. The Morgan fingerprint density at radius 3 is 1.55 bits per heavy atom. The highest BCUT2D eigenvalue weighted by atomic mass is 14.9. The topological polar surface area (TPSA) is 153 Å². The highest BCUT2D eigenvalue weighted by molar-refractivity contribution is 5.81. The summed E-state index contributed by atoms with van der Waals surface area (Å²) in [5.41, 5.74) is 6.45. The first kappa shape index (κ1) is 20.5. The van der Waals surface area contributed by atoms with Crippen molar-refractivity contribution in [2.45, 2.75) is 0 Å². The Morgan fingerprint density at radius 2 is 1.05 bits per heavy atom. The van der Waals surface area contributed by atoms with E-state index in [9.17, 15) is 0 Å². The smallest absolute Gasteiger partial charge is 0.116 e. The first-order valence-electron chi connectivity index (χ1n) is 11.8. The Bertz CT molecular complexity index is 2340. The van der Waals surface area contributed by atoms with Gasteiger partial charge in [-0.15, -0.1) is 0 Å². The fourth-order valence-corrected chi connectivity index (χ4v) is 5.25. The van der Waals surface area contributed by atoms with Gasteiger partial charge in [-0.05, 0) is 12.2 Å². The summed E-state index contributed by atoms with van der Waals surface area (Å²) in [7, 11) is 0. The number of nitrogens with one attached hydrogen (secondary N) is 4. The van der Waals surface area contributed by atoms with Crippen LogP contribution in [0, 0.1) is 21.1 Å². The number of hydrogen-bond donors (Lipinski definition) is 4. The van der Waals surface area contributed by atoms with Crippen LogP contribution in [0.4, 0.5) is 0 Å². The van der Waals surface area contributed by atoms with Gasteiger partial charge < -0.3 is 19.9 Å². The zero-order chi connectivity index (χ0) is 25.4. The van der Waals surface area contributed by atoms with Crippen molar-refractivity contribution in [1.29, 1.82) is 0 Å². The Labute approximate surface area is 211 Å². The highest BCUT2D eigenvalue weighted by Crippen LogP contribution is 2.26. The summed E-state index contributed by atoms with van der Waals surface area (Å²) in [5.74, 6) is 0. The Morgan fingerprint density at radius 1 is 0.579 bits per heavy atom. The third-order valence-corrected chi connectivity index (χ3v) is 6.97. The van der Waals surface area contributed by atoms with E-state index in [-0.39, 0.29) is 0 Å². The lowest BCUT2D eigenvalue weighted by Gasteiger charge is -1.99. The Balaban J connectivity index is 1.37. The van der Waals surface area contributed by atoms with E-state index in [0.29, 0.717) is 11.4 Å². The van der Waals surface area contributed by atoms with Crippen LogP contribution in [-0.4, -0.2) is 54.8 Å². The van der Waals surface area contributed by atoms with E-state index in [2.05, 4.69) is 68.0 Å². The van der Waals surface area contributed by atoms with Gasteiger partial charge in [-0.1, -0.05) is 13.2 Å². The summed E-state index contributed by atoms with van der Waals surface area (Å²) < 4.78 is 0. The predicted octanol–water partition coefficient (Wildman–Crippen LogP) is 0.103. The summed E-state index contributed by atoms with van der Waals surface area (Å²) in [6.45, 7) is 8.50. The molecule has 0 amide bonds. The Hall–Kier alpha value is -5.71. The third kappa shape index (κ3) is 2.69. The van der Waals surface area contributed by atoms with Gasteiger partial charge in [0.1, 0.15) is 17.0 Å². The molecule has 2 aromatic rings. The molecular weight excluding hydrogens is 478 g/mol. The van der Waals surface area contributed by atoms with E-state index in [0.717, 1.165) is 75.5 Å². The van der Waals surface area contributed by atoms with Crippen molar-refractivity contribution in [3.63, 3.8) is 0 Å². The molecule has 0 atom stereocenters. The average molecular weight is 496 g/mol. The van der Waals surface area contributed by atoms with E-state index >= 15 is 0 Å². The molecule has 11 nitrogen and oxygen atoms in total. The molecule has 0 aromatic carbocycles. The molecular formula is C27H17N11. The van der Waals surface area contributed by atoms with Crippen LogP contribution in [-0.2, 0) is 0 Å². The van der Waals surface area contributed by atoms with Crippen LogP contribution >= 0.6 is 0 Å². The zero-order valence-corrected chi connectivity index (χ0v) is 19.7. The maximum absolute atomic E-state index is 4.66. The third-order valence-electron chi connectivity index (χ3n) is 6.97. The molecule has 38 heavy (non-hydrogen) atoms. The van der Waals surface area contributed by atoms with Crippen LogP contribution < -0.4 is 21.1 Å². The number of hydrogen-bond acceptors (Lipinski definition) is 7. The summed E-state index contributed by atoms with van der Waals surface area (Å²) >= 11 is 0. The van der Waals surface area contributed by atoms with Gasteiger partial charge in [0.25, 0.3) is 0 Å². The molecule has 0 unspecified atom stereocenters. The molecule has 6 heterocycles. The number of imidazole rings is 2. The number of rotatable bonds is 2. The normalized spacial score (nSPS) is 13.3. The minimum Gasteiger partial charge on any atom is -0.346 e. The maximum atomic E-state index is 4.66. The second-order valence-corrected chi connectivity index (χ2v) is 8.96. The van der Waals surface area contributed by atoms with Crippen LogP contribution in [0.1, 0.15) is 11.4 Å². The summed E-state index contributed by atoms with van der Waals surface area (Å²) in [6, 6.07) is 0. The minimum absolute atomic E-state index is 0.707. The molecule has 11 heteroatoms. The van der Waals surface area contributed by atoms with Crippen LogP contribution in [0.5, 0.6) is 0 Å². The van der Waals surface area contributed by atoms with Crippen molar-refractivity contribution in [2.24, 2.45) is 0 Å². The molecule has 6 aliphatic rings. The summed E-state index contributed by atoms with van der Waals surface area (Å²) in [6.07, 6.45) is 15.7. The second-order valence-electron chi connectivity index (χ2n) is 8.96. The molecule has 2 aliphatic carbocycles. The monoisotopic (exact) mass is 495 g/mol. The van der Waals surface area contributed by atoms with E-state index < -0.39 is 0 Å². The summed E-state index contributed by atoms with van der Waals surface area (Å²) in [5, 5.41) is 6.64. The van der Waals surface area contributed by atoms with Crippen molar-refractivity contribution in [1.82, 2.24) is 54.8 Å². The van der Waals surface area contributed by atoms with Crippen LogP contribution in [0.25, 0.3) is 58.5 Å². The minimum atomic E-state index is 0.707. The first-order valence-corrected chi connectivity index (χ1v) is 11.8. The van der Waals surface area contributed by atoms with Crippen LogP contribution in [0.15, 0.2) is 44.0 Å². The van der Waals surface area contributed by atoms with Crippen molar-refractivity contribution in [3.8, 4) is 11.1 Å². The van der Waals surface area contributed by atoms with Crippen LogP contribution in [0.2, 0.25) is 0 Å². The van der Waals surface area contributed by atoms with E-state index in [1.807, 2.05) is 12.2 Å². The van der Waals surface area contributed by atoms with Gasteiger partial charge in [-0.2, -0.15) is 0 Å². The highest BCUT2D eigenvalue weighted by Gasteiger charge is 2.14. The molecule has 0 saturated carbocycles. The fraction of sp³-hybridized carbons (Fsp3) is 0. The molecule has 8 rings (SSSR count).